The van der Waals surface area contributed by atoms with Crippen LogP contribution < -0.4 is 4.74 Å². The maximum absolute atomic E-state index is 13.3. The largest absolute Gasteiger partial charge is 0.494 e. The van der Waals surface area contributed by atoms with Crippen LogP contribution in [0.3, 0.4) is 0 Å². The minimum absolute atomic E-state index is 0.0371. The van der Waals surface area contributed by atoms with Gasteiger partial charge in [0.05, 0.1) is 12.7 Å². The van der Waals surface area contributed by atoms with E-state index in [2.05, 4.69) is 29.2 Å². The Kier molecular flexibility index (Phi) is 4.44. The van der Waals surface area contributed by atoms with Crippen LogP contribution >= 0.6 is 12.6 Å². The van der Waals surface area contributed by atoms with Crippen LogP contribution in [0.1, 0.15) is 12.0 Å². The molecule has 0 bridgehead atoms. The van der Waals surface area contributed by atoms with Crippen molar-refractivity contribution in [2.45, 2.75) is 6.42 Å². The molecule has 1 nitrogen and oxygen atoms in total. The van der Waals surface area contributed by atoms with E-state index in [9.17, 15) is 8.78 Å². The second kappa shape index (κ2) is 5.62. The monoisotopic (exact) mass is 228 g/mol. The van der Waals surface area contributed by atoms with Gasteiger partial charge in [0.1, 0.15) is 0 Å². The highest BCUT2D eigenvalue weighted by molar-refractivity contribution is 7.80. The molecule has 0 aromatic heterocycles. The van der Waals surface area contributed by atoms with Crippen molar-refractivity contribution in [1.82, 2.24) is 0 Å². The molecular formula is C11H10F2OS. The second-order valence-corrected chi connectivity index (χ2v) is 3.17. The molecule has 0 N–H and O–H groups in total. The van der Waals surface area contributed by atoms with Crippen molar-refractivity contribution in [3.8, 4) is 17.6 Å². The Morgan fingerprint density at radius 3 is 2.67 bits per heavy atom. The lowest BCUT2D eigenvalue weighted by Gasteiger charge is -2.02. The van der Waals surface area contributed by atoms with Gasteiger partial charge in [-0.2, -0.15) is 17.0 Å². The molecule has 15 heavy (non-hydrogen) atoms. The van der Waals surface area contributed by atoms with Gasteiger partial charge in [-0.1, -0.05) is 11.8 Å². The first-order valence-corrected chi connectivity index (χ1v) is 4.95. The van der Waals surface area contributed by atoms with Gasteiger partial charge in [0.2, 0.25) is 5.82 Å². The number of ether oxygens (including phenoxy) is 1. The van der Waals surface area contributed by atoms with Crippen molar-refractivity contribution in [3.63, 3.8) is 0 Å². The Balaban J connectivity index is 3.03. The Morgan fingerprint density at radius 2 is 2.07 bits per heavy atom. The highest BCUT2D eigenvalue weighted by atomic mass is 32.1. The summed E-state index contributed by atoms with van der Waals surface area (Å²) in [4.78, 5) is 0. The van der Waals surface area contributed by atoms with E-state index in [0.29, 0.717) is 12.2 Å². The maximum atomic E-state index is 13.3. The Morgan fingerprint density at radius 1 is 1.33 bits per heavy atom. The van der Waals surface area contributed by atoms with Gasteiger partial charge in [-0.3, -0.25) is 0 Å². The molecule has 0 saturated heterocycles. The molecular weight excluding hydrogens is 218 g/mol. The average molecular weight is 228 g/mol. The Hall–Kier alpha value is -1.21. The predicted octanol–water partition coefficient (Wildman–Crippen LogP) is 2.64. The summed E-state index contributed by atoms with van der Waals surface area (Å²) in [5.41, 5.74) is 0.0371. The Labute approximate surface area is 92.9 Å². The standard InChI is InChI=1S/C11H10F2OS/c1-14-9-6-5-8(4-2-3-7-15)10(12)11(9)13/h5-6,15H,3,7H2,1H3. The summed E-state index contributed by atoms with van der Waals surface area (Å²) in [5, 5.41) is 0. The summed E-state index contributed by atoms with van der Waals surface area (Å²) in [6.07, 6.45) is 0.538. The number of rotatable bonds is 2. The molecule has 80 valence electrons. The molecule has 0 fully saturated rings. The molecule has 0 aliphatic heterocycles. The maximum Gasteiger partial charge on any atom is 0.201 e. The Bertz CT molecular complexity index is 407. The third-order valence-electron chi connectivity index (χ3n) is 1.73. The lowest BCUT2D eigenvalue weighted by molar-refractivity contribution is 0.371. The van der Waals surface area contributed by atoms with Gasteiger partial charge in [-0.25, -0.2) is 4.39 Å². The molecule has 0 amide bonds. The molecule has 1 aromatic carbocycles. The number of methoxy groups -OCH3 is 1. The van der Waals surface area contributed by atoms with E-state index in [-0.39, 0.29) is 11.3 Å². The number of hydrogen-bond donors (Lipinski definition) is 1. The lowest BCUT2D eigenvalue weighted by Crippen LogP contribution is -1.94. The zero-order chi connectivity index (χ0) is 11.3. The fraction of sp³-hybridized carbons (Fsp3) is 0.273. The zero-order valence-electron chi connectivity index (χ0n) is 8.18. The molecule has 0 radical (unpaired) electrons. The predicted molar refractivity (Wildman–Crippen MR) is 58.3 cm³/mol. The second-order valence-electron chi connectivity index (χ2n) is 2.72. The zero-order valence-corrected chi connectivity index (χ0v) is 9.07. The number of benzene rings is 1. The SMILES string of the molecule is COc1ccc(C#CCCS)c(F)c1F. The van der Waals surface area contributed by atoms with Gasteiger partial charge in [0.25, 0.3) is 0 Å². The highest BCUT2D eigenvalue weighted by Gasteiger charge is 2.11. The van der Waals surface area contributed by atoms with Crippen LogP contribution in [0.5, 0.6) is 5.75 Å². The van der Waals surface area contributed by atoms with Crippen LogP contribution in [0, 0.1) is 23.5 Å². The topological polar surface area (TPSA) is 9.23 Å². The van der Waals surface area contributed by atoms with Crippen LogP contribution in [0.4, 0.5) is 8.78 Å². The summed E-state index contributed by atoms with van der Waals surface area (Å²) in [6.45, 7) is 0. The first-order valence-electron chi connectivity index (χ1n) is 4.32. The normalized spacial score (nSPS) is 9.33. The van der Waals surface area contributed by atoms with Crippen LogP contribution in [-0.2, 0) is 0 Å². The van der Waals surface area contributed by atoms with Crippen LogP contribution in [0.2, 0.25) is 0 Å². The van der Waals surface area contributed by atoms with E-state index >= 15 is 0 Å². The number of hydrogen-bond acceptors (Lipinski definition) is 2. The molecule has 0 atom stereocenters. The smallest absolute Gasteiger partial charge is 0.201 e. The minimum Gasteiger partial charge on any atom is -0.494 e. The van der Waals surface area contributed by atoms with Gasteiger partial charge in [0, 0.05) is 12.2 Å². The van der Waals surface area contributed by atoms with Crippen molar-refractivity contribution in [3.05, 3.63) is 29.3 Å². The van der Waals surface area contributed by atoms with Gasteiger partial charge >= 0.3 is 0 Å². The van der Waals surface area contributed by atoms with Gasteiger partial charge in [0.15, 0.2) is 11.6 Å². The highest BCUT2D eigenvalue weighted by Crippen LogP contribution is 2.21. The number of halogens is 2. The number of thiol groups is 1. The van der Waals surface area contributed by atoms with Crippen molar-refractivity contribution in [2.24, 2.45) is 0 Å². The fourth-order valence-corrected chi connectivity index (χ4v) is 1.11. The van der Waals surface area contributed by atoms with E-state index in [4.69, 9.17) is 0 Å². The fourth-order valence-electron chi connectivity index (χ4n) is 1.000. The van der Waals surface area contributed by atoms with Gasteiger partial charge < -0.3 is 4.74 Å². The van der Waals surface area contributed by atoms with Crippen LogP contribution in [0.25, 0.3) is 0 Å². The molecule has 0 heterocycles. The average Bonchev–Trinajstić information content (AvgIpc) is 2.25. The van der Waals surface area contributed by atoms with Crippen LogP contribution in [0.15, 0.2) is 12.1 Å². The van der Waals surface area contributed by atoms with E-state index in [1.54, 1.807) is 0 Å². The van der Waals surface area contributed by atoms with E-state index < -0.39 is 11.6 Å². The summed E-state index contributed by atoms with van der Waals surface area (Å²) in [5.74, 6) is 3.72. The summed E-state index contributed by atoms with van der Waals surface area (Å²) < 4.78 is 31.1. The lowest BCUT2D eigenvalue weighted by atomic mass is 10.2. The molecule has 1 aromatic rings. The molecule has 4 heteroatoms. The van der Waals surface area contributed by atoms with E-state index in [1.165, 1.54) is 19.2 Å². The van der Waals surface area contributed by atoms with Crippen molar-refractivity contribution >= 4 is 12.6 Å². The van der Waals surface area contributed by atoms with Crippen molar-refractivity contribution < 1.29 is 13.5 Å². The third-order valence-corrected chi connectivity index (χ3v) is 1.95. The molecule has 0 aliphatic rings. The molecule has 0 unspecified atom stereocenters. The summed E-state index contributed by atoms with van der Waals surface area (Å²) in [6, 6.07) is 2.74. The quantitative estimate of drug-likeness (QED) is 0.604. The van der Waals surface area contributed by atoms with Crippen LogP contribution in [-0.4, -0.2) is 12.9 Å². The first-order chi connectivity index (χ1) is 7.20. The molecule has 0 saturated carbocycles. The summed E-state index contributed by atoms with van der Waals surface area (Å²) in [7, 11) is 1.28. The molecule has 0 aliphatic carbocycles. The molecule has 0 spiro atoms. The third kappa shape index (κ3) is 2.87. The minimum atomic E-state index is -1.00. The molecule has 1 rings (SSSR count). The summed E-state index contributed by atoms with van der Waals surface area (Å²) >= 11 is 3.95. The van der Waals surface area contributed by atoms with E-state index in [1.807, 2.05) is 0 Å². The van der Waals surface area contributed by atoms with Gasteiger partial charge in [-0.15, -0.1) is 0 Å². The van der Waals surface area contributed by atoms with Crippen molar-refractivity contribution in [1.29, 1.82) is 0 Å². The van der Waals surface area contributed by atoms with Crippen molar-refractivity contribution in [2.75, 3.05) is 12.9 Å². The first kappa shape index (κ1) is 11.9. The van der Waals surface area contributed by atoms with E-state index in [0.717, 1.165) is 0 Å². The van der Waals surface area contributed by atoms with Gasteiger partial charge in [-0.05, 0) is 12.1 Å².